The molecule has 1 heterocycles. The van der Waals surface area contributed by atoms with E-state index >= 15 is 0 Å². The summed E-state index contributed by atoms with van der Waals surface area (Å²) < 4.78 is 5.39. The molecule has 1 aromatic heterocycles. The van der Waals surface area contributed by atoms with Crippen molar-refractivity contribution < 1.29 is 0 Å². The minimum Gasteiger partial charge on any atom is -0.238 e. The van der Waals surface area contributed by atoms with Gasteiger partial charge in [0.25, 0.3) is 0 Å². The molecule has 0 aliphatic heterocycles. The summed E-state index contributed by atoms with van der Waals surface area (Å²) in [5.74, 6) is 0. The smallest absolute Gasteiger partial charge is 0.166 e. The average Bonchev–Trinajstić information content (AvgIpc) is 3.01. The number of rotatable bonds is 7. The molecular weight excluding hydrogens is 320 g/mol. The topological polar surface area (TPSA) is 16.1 Å². The maximum atomic E-state index is 4.92. The Labute approximate surface area is 149 Å². The highest BCUT2D eigenvalue weighted by molar-refractivity contribution is 7.98. The standard InChI is InChI=1S/C19H30N2S2/c1-3-10-15(4-2)21(16-11-6-5-7-12-16)23-19-20-17-13-8-9-14-18(17)22-19/h13-16H,3-12H2,1-2H3. The molecule has 2 aliphatic carbocycles. The summed E-state index contributed by atoms with van der Waals surface area (Å²) in [5.41, 5.74) is 0. The molecule has 0 aromatic carbocycles. The zero-order chi connectivity index (χ0) is 16.1. The van der Waals surface area contributed by atoms with Gasteiger partial charge in [-0.3, -0.25) is 0 Å². The van der Waals surface area contributed by atoms with E-state index in [1.807, 2.05) is 23.3 Å². The van der Waals surface area contributed by atoms with Gasteiger partial charge < -0.3 is 0 Å². The van der Waals surface area contributed by atoms with Gasteiger partial charge in [0.15, 0.2) is 4.34 Å². The zero-order valence-electron chi connectivity index (χ0n) is 14.6. The molecule has 128 valence electrons. The second-order valence-corrected chi connectivity index (χ2v) is 9.09. The fourth-order valence-electron chi connectivity index (χ4n) is 3.81. The van der Waals surface area contributed by atoms with E-state index in [2.05, 4.69) is 30.3 Å². The van der Waals surface area contributed by atoms with Gasteiger partial charge in [-0.1, -0.05) is 51.7 Å². The predicted molar refractivity (Wildman–Crippen MR) is 103 cm³/mol. The maximum absolute atomic E-state index is 4.92. The Bertz CT molecular complexity index is 563. The molecular formula is C19H30N2S2. The molecule has 2 aliphatic rings. The van der Waals surface area contributed by atoms with Gasteiger partial charge in [0, 0.05) is 12.1 Å². The molecule has 1 fully saturated rings. The van der Waals surface area contributed by atoms with Crippen LogP contribution in [-0.2, 0) is 0 Å². The third-order valence-corrected chi connectivity index (χ3v) is 7.46. The summed E-state index contributed by atoms with van der Waals surface area (Å²) in [4.78, 5) is 4.92. The highest BCUT2D eigenvalue weighted by atomic mass is 32.2. The molecule has 1 atom stereocenters. The van der Waals surface area contributed by atoms with Gasteiger partial charge in [-0.25, -0.2) is 9.29 Å². The lowest BCUT2D eigenvalue weighted by molar-refractivity contribution is 0.206. The fourth-order valence-corrected chi connectivity index (χ4v) is 6.33. The van der Waals surface area contributed by atoms with Gasteiger partial charge >= 0.3 is 0 Å². The number of hydrogen-bond acceptors (Lipinski definition) is 4. The SMILES string of the molecule is CCCC(CC)N(Sc1nc2c(s1)=CCCC=2)C1CCCCC1. The Morgan fingerprint density at radius 2 is 2.00 bits per heavy atom. The highest BCUT2D eigenvalue weighted by Gasteiger charge is 2.28. The first-order valence-electron chi connectivity index (χ1n) is 9.45. The molecule has 2 nitrogen and oxygen atoms in total. The van der Waals surface area contributed by atoms with Crippen LogP contribution in [0.1, 0.15) is 78.1 Å². The lowest BCUT2D eigenvalue weighted by Gasteiger charge is -2.38. The van der Waals surface area contributed by atoms with E-state index in [4.69, 9.17) is 4.98 Å². The highest BCUT2D eigenvalue weighted by Crippen LogP contribution is 2.35. The summed E-state index contributed by atoms with van der Waals surface area (Å²) in [5, 5.41) is 1.23. The van der Waals surface area contributed by atoms with Crippen molar-refractivity contribution in [3.05, 3.63) is 9.88 Å². The average molecular weight is 351 g/mol. The van der Waals surface area contributed by atoms with Crippen molar-refractivity contribution in [3.8, 4) is 0 Å². The Balaban J connectivity index is 1.81. The Morgan fingerprint density at radius 3 is 2.70 bits per heavy atom. The van der Waals surface area contributed by atoms with E-state index in [0.717, 1.165) is 12.5 Å². The van der Waals surface area contributed by atoms with Crippen LogP contribution in [0.5, 0.6) is 0 Å². The van der Waals surface area contributed by atoms with Crippen molar-refractivity contribution in [2.75, 3.05) is 0 Å². The lowest BCUT2D eigenvalue weighted by Crippen LogP contribution is -2.39. The second-order valence-electron chi connectivity index (χ2n) is 6.81. The monoisotopic (exact) mass is 350 g/mol. The number of hydrogen-bond donors (Lipinski definition) is 0. The minimum absolute atomic E-state index is 0.696. The molecule has 0 bridgehead atoms. The van der Waals surface area contributed by atoms with Crippen molar-refractivity contribution >= 4 is 35.4 Å². The summed E-state index contributed by atoms with van der Waals surface area (Å²) in [6, 6.07) is 1.45. The Hall–Kier alpha value is -0.320. The number of aromatic nitrogens is 1. The first-order valence-corrected chi connectivity index (χ1v) is 11.0. The summed E-state index contributed by atoms with van der Waals surface area (Å²) in [7, 11) is 0. The van der Waals surface area contributed by atoms with Crippen LogP contribution in [0.2, 0.25) is 0 Å². The molecule has 1 saturated carbocycles. The van der Waals surface area contributed by atoms with Gasteiger partial charge in [-0.15, -0.1) is 11.3 Å². The molecule has 3 rings (SSSR count). The quantitative estimate of drug-likeness (QED) is 0.662. The van der Waals surface area contributed by atoms with Crippen LogP contribution in [0.25, 0.3) is 12.2 Å². The van der Waals surface area contributed by atoms with Crippen molar-refractivity contribution in [2.45, 2.75) is 94.5 Å². The van der Waals surface area contributed by atoms with Crippen molar-refractivity contribution in [1.82, 2.24) is 9.29 Å². The molecule has 4 heteroatoms. The fraction of sp³-hybridized carbons (Fsp3) is 0.737. The molecule has 23 heavy (non-hydrogen) atoms. The first-order chi connectivity index (χ1) is 11.3. The van der Waals surface area contributed by atoms with Gasteiger partial charge in [0.1, 0.15) is 0 Å². The van der Waals surface area contributed by atoms with Crippen LogP contribution in [-0.4, -0.2) is 21.4 Å². The molecule has 0 spiro atoms. The summed E-state index contributed by atoms with van der Waals surface area (Å²) in [6.07, 6.45) is 17.8. The Kier molecular flexibility index (Phi) is 6.61. The minimum atomic E-state index is 0.696. The van der Waals surface area contributed by atoms with Gasteiger partial charge in [0.2, 0.25) is 0 Å². The Morgan fingerprint density at radius 1 is 1.22 bits per heavy atom. The number of nitrogens with zero attached hydrogens (tertiary/aromatic N) is 2. The predicted octanol–water partition coefficient (Wildman–Crippen LogP) is 4.72. The van der Waals surface area contributed by atoms with E-state index in [0.29, 0.717) is 6.04 Å². The van der Waals surface area contributed by atoms with Gasteiger partial charge in [-0.2, -0.15) is 0 Å². The molecule has 0 amide bonds. The van der Waals surface area contributed by atoms with Gasteiger partial charge in [-0.05, 0) is 50.5 Å². The van der Waals surface area contributed by atoms with Crippen LogP contribution in [0, 0.1) is 0 Å². The maximum Gasteiger partial charge on any atom is 0.166 e. The molecule has 0 saturated heterocycles. The first kappa shape index (κ1) is 17.5. The van der Waals surface area contributed by atoms with E-state index in [1.54, 1.807) is 0 Å². The zero-order valence-corrected chi connectivity index (χ0v) is 16.2. The van der Waals surface area contributed by atoms with E-state index in [9.17, 15) is 0 Å². The second kappa shape index (κ2) is 8.68. The molecule has 1 unspecified atom stereocenters. The number of thiazole rings is 1. The molecule has 0 N–H and O–H groups in total. The van der Waals surface area contributed by atoms with Crippen LogP contribution < -0.4 is 9.88 Å². The van der Waals surface area contributed by atoms with E-state index in [-0.39, 0.29) is 0 Å². The van der Waals surface area contributed by atoms with Crippen molar-refractivity contribution in [3.63, 3.8) is 0 Å². The number of fused-ring (bicyclic) bond motifs is 1. The van der Waals surface area contributed by atoms with E-state index in [1.165, 1.54) is 72.0 Å². The van der Waals surface area contributed by atoms with E-state index < -0.39 is 0 Å². The van der Waals surface area contributed by atoms with Crippen LogP contribution in [0.4, 0.5) is 0 Å². The van der Waals surface area contributed by atoms with Gasteiger partial charge in [0.05, 0.1) is 9.88 Å². The van der Waals surface area contributed by atoms with Crippen LogP contribution in [0.3, 0.4) is 0 Å². The molecule has 1 aromatic rings. The van der Waals surface area contributed by atoms with Crippen molar-refractivity contribution in [1.29, 1.82) is 0 Å². The van der Waals surface area contributed by atoms with Crippen LogP contribution in [0.15, 0.2) is 4.34 Å². The van der Waals surface area contributed by atoms with Crippen molar-refractivity contribution in [2.24, 2.45) is 0 Å². The normalized spacial score (nSPS) is 20.0. The molecule has 0 radical (unpaired) electrons. The lowest BCUT2D eigenvalue weighted by atomic mass is 9.94. The largest absolute Gasteiger partial charge is 0.238 e. The summed E-state index contributed by atoms with van der Waals surface area (Å²) >= 11 is 3.86. The summed E-state index contributed by atoms with van der Waals surface area (Å²) in [6.45, 7) is 4.67. The third kappa shape index (κ3) is 4.40. The van der Waals surface area contributed by atoms with Crippen LogP contribution >= 0.6 is 23.3 Å². The third-order valence-electron chi connectivity index (χ3n) is 5.07.